The number of hydrogen-bond donors (Lipinski definition) is 1. The summed E-state index contributed by atoms with van der Waals surface area (Å²) in [4.78, 5) is 12.5. The number of allylic oxidation sites excluding steroid dienone is 1. The lowest BCUT2D eigenvalue weighted by atomic mass is 9.77. The van der Waals surface area contributed by atoms with Gasteiger partial charge in [-0.25, -0.2) is 0 Å². The highest BCUT2D eigenvalue weighted by molar-refractivity contribution is 6.18. The highest BCUT2D eigenvalue weighted by Crippen LogP contribution is 2.34. The number of aliphatic hydroxyl groups is 1. The maximum Gasteiger partial charge on any atom is 0.139 e. The Labute approximate surface area is 207 Å². The summed E-state index contributed by atoms with van der Waals surface area (Å²) in [6.45, 7) is 12.7. The molecule has 0 aromatic heterocycles. The monoisotopic (exact) mass is 486 g/mol. The average molecular weight is 487 g/mol. The molecule has 7 heteroatoms. The Hall–Kier alpha value is -2.83. The third kappa shape index (κ3) is 7.61. The van der Waals surface area contributed by atoms with E-state index < -0.39 is 12.1 Å². The molecular weight excluding hydrogens is 452 g/mol. The van der Waals surface area contributed by atoms with E-state index in [0.717, 1.165) is 16.7 Å². The third-order valence-corrected chi connectivity index (χ3v) is 6.03. The van der Waals surface area contributed by atoms with Crippen LogP contribution in [0, 0.1) is 11.8 Å². The second-order valence-electron chi connectivity index (χ2n) is 8.68. The van der Waals surface area contributed by atoms with Gasteiger partial charge < -0.3 is 19.5 Å². The van der Waals surface area contributed by atoms with E-state index in [1.165, 1.54) is 0 Å². The van der Waals surface area contributed by atoms with Gasteiger partial charge in [0.1, 0.15) is 36.9 Å². The second-order valence-corrected chi connectivity index (χ2v) is 8.99. The fourth-order valence-corrected chi connectivity index (χ4v) is 3.65. The van der Waals surface area contributed by atoms with Gasteiger partial charge >= 0.3 is 0 Å². The molecule has 2 aromatic rings. The van der Waals surface area contributed by atoms with Crippen LogP contribution in [-0.2, 0) is 5.41 Å². The number of alkyl halides is 1. The number of halogens is 1. The minimum absolute atomic E-state index is 0.135. The van der Waals surface area contributed by atoms with Crippen LogP contribution < -0.4 is 9.47 Å². The molecule has 1 N–H and O–H groups in total. The third-order valence-electron chi connectivity index (χ3n) is 5.67. The SMILES string of the molecule is C=CN(/C=C\C)CC(O)COc1ccc(C(C)(C)c2ccc(OCC(CCl)N=O)c(C)c2)cc1. The summed E-state index contributed by atoms with van der Waals surface area (Å²) in [7, 11) is 0. The smallest absolute Gasteiger partial charge is 0.139 e. The van der Waals surface area contributed by atoms with E-state index >= 15 is 0 Å². The van der Waals surface area contributed by atoms with E-state index in [0.29, 0.717) is 18.0 Å². The topological polar surface area (TPSA) is 71.4 Å². The molecule has 2 aromatic carbocycles. The highest BCUT2D eigenvalue weighted by Gasteiger charge is 2.24. The molecule has 6 nitrogen and oxygen atoms in total. The van der Waals surface area contributed by atoms with Crippen LogP contribution in [0.5, 0.6) is 11.5 Å². The molecule has 34 heavy (non-hydrogen) atoms. The lowest BCUT2D eigenvalue weighted by Crippen LogP contribution is -2.29. The first-order valence-corrected chi connectivity index (χ1v) is 11.8. The van der Waals surface area contributed by atoms with Gasteiger partial charge in [0, 0.05) is 5.41 Å². The van der Waals surface area contributed by atoms with E-state index in [9.17, 15) is 10.0 Å². The van der Waals surface area contributed by atoms with Crippen LogP contribution in [0.3, 0.4) is 0 Å². The molecule has 184 valence electrons. The van der Waals surface area contributed by atoms with Crippen LogP contribution >= 0.6 is 11.6 Å². The second kappa shape index (κ2) is 13.2. The highest BCUT2D eigenvalue weighted by atomic mass is 35.5. The molecule has 0 radical (unpaired) electrons. The summed E-state index contributed by atoms with van der Waals surface area (Å²) in [6.07, 6.45) is 4.77. The first-order valence-electron chi connectivity index (χ1n) is 11.3. The van der Waals surface area contributed by atoms with Gasteiger partial charge in [0.25, 0.3) is 0 Å². The van der Waals surface area contributed by atoms with Crippen molar-refractivity contribution in [1.29, 1.82) is 0 Å². The normalized spacial score (nSPS) is 13.4. The molecule has 0 spiro atoms. The van der Waals surface area contributed by atoms with Crippen LogP contribution in [0.25, 0.3) is 0 Å². The van der Waals surface area contributed by atoms with E-state index in [1.807, 2.05) is 67.4 Å². The summed E-state index contributed by atoms with van der Waals surface area (Å²) in [5.74, 6) is 1.55. The van der Waals surface area contributed by atoms with Gasteiger partial charge in [0.15, 0.2) is 0 Å². The van der Waals surface area contributed by atoms with Crippen LogP contribution in [0.15, 0.2) is 72.7 Å². The molecule has 0 fully saturated rings. The van der Waals surface area contributed by atoms with Crippen molar-refractivity contribution in [3.8, 4) is 11.5 Å². The first kappa shape index (κ1) is 27.4. The number of ether oxygens (including phenoxy) is 2. The summed E-state index contributed by atoms with van der Waals surface area (Å²) < 4.78 is 11.5. The minimum Gasteiger partial charge on any atom is -0.491 e. The van der Waals surface area contributed by atoms with E-state index in [1.54, 1.807) is 6.20 Å². The van der Waals surface area contributed by atoms with Gasteiger partial charge in [0.05, 0.1) is 12.4 Å². The van der Waals surface area contributed by atoms with E-state index in [-0.39, 0.29) is 24.5 Å². The lowest BCUT2D eigenvalue weighted by Gasteiger charge is -2.27. The number of aliphatic hydroxyl groups excluding tert-OH is 1. The van der Waals surface area contributed by atoms with Crippen molar-refractivity contribution in [3.05, 3.63) is 89.1 Å². The number of rotatable bonds is 14. The van der Waals surface area contributed by atoms with Gasteiger partial charge in [-0.15, -0.1) is 11.6 Å². The average Bonchev–Trinajstić information content (AvgIpc) is 2.84. The molecule has 2 rings (SSSR count). The predicted octanol–water partition coefficient (Wildman–Crippen LogP) is 5.79. The van der Waals surface area contributed by atoms with Crippen molar-refractivity contribution in [3.63, 3.8) is 0 Å². The predicted molar refractivity (Wildman–Crippen MR) is 139 cm³/mol. The molecule has 0 aliphatic rings. The molecular formula is C27H35ClN2O4. The van der Waals surface area contributed by atoms with Crippen LogP contribution in [0.1, 0.15) is 37.5 Å². The van der Waals surface area contributed by atoms with Crippen molar-refractivity contribution in [2.75, 3.05) is 25.6 Å². The number of nitrogens with zero attached hydrogens (tertiary/aromatic N) is 2. The van der Waals surface area contributed by atoms with Crippen molar-refractivity contribution < 1.29 is 14.6 Å². The van der Waals surface area contributed by atoms with E-state index in [4.69, 9.17) is 21.1 Å². The van der Waals surface area contributed by atoms with Crippen molar-refractivity contribution >= 4 is 11.6 Å². The maximum absolute atomic E-state index is 10.7. The lowest BCUT2D eigenvalue weighted by molar-refractivity contribution is 0.0912. The van der Waals surface area contributed by atoms with Crippen molar-refractivity contribution in [2.24, 2.45) is 5.18 Å². The number of aryl methyl sites for hydroxylation is 1. The Kier molecular flexibility index (Phi) is 10.6. The Morgan fingerprint density at radius 3 is 2.38 bits per heavy atom. The van der Waals surface area contributed by atoms with Gasteiger partial charge in [0.2, 0.25) is 0 Å². The molecule has 0 saturated heterocycles. The van der Waals surface area contributed by atoms with Crippen LogP contribution in [0.2, 0.25) is 0 Å². The maximum atomic E-state index is 10.7. The zero-order chi connectivity index (χ0) is 25.1. The Morgan fingerprint density at radius 1 is 1.15 bits per heavy atom. The molecule has 2 unspecified atom stereocenters. The summed E-state index contributed by atoms with van der Waals surface area (Å²) in [5.41, 5.74) is 3.00. The molecule has 2 atom stereocenters. The Bertz CT molecular complexity index is 960. The first-order chi connectivity index (χ1) is 16.2. The van der Waals surface area contributed by atoms with Crippen molar-refractivity contribution in [2.45, 2.75) is 45.3 Å². The van der Waals surface area contributed by atoms with Crippen molar-refractivity contribution in [1.82, 2.24) is 4.90 Å². The summed E-state index contributed by atoms with van der Waals surface area (Å²) in [5, 5.41) is 13.2. The van der Waals surface area contributed by atoms with Gasteiger partial charge in [-0.05, 0) is 61.1 Å². The summed E-state index contributed by atoms with van der Waals surface area (Å²) in [6, 6.07) is 13.4. The Balaban J connectivity index is 2.03. The molecule has 0 aliphatic carbocycles. The number of benzene rings is 2. The zero-order valence-electron chi connectivity index (χ0n) is 20.4. The molecule has 0 saturated carbocycles. The molecule has 0 amide bonds. The fourth-order valence-electron chi connectivity index (χ4n) is 3.50. The largest absolute Gasteiger partial charge is 0.491 e. The van der Waals surface area contributed by atoms with Crippen LogP contribution in [0.4, 0.5) is 0 Å². The molecule has 0 aliphatic heterocycles. The van der Waals surface area contributed by atoms with Crippen LogP contribution in [-0.4, -0.2) is 47.8 Å². The fraction of sp³-hybridized carbons (Fsp3) is 0.407. The van der Waals surface area contributed by atoms with Gasteiger partial charge in [-0.3, -0.25) is 0 Å². The molecule has 0 heterocycles. The van der Waals surface area contributed by atoms with Gasteiger partial charge in [-0.1, -0.05) is 55.9 Å². The number of hydrogen-bond acceptors (Lipinski definition) is 6. The van der Waals surface area contributed by atoms with E-state index in [2.05, 4.69) is 31.7 Å². The zero-order valence-corrected chi connectivity index (χ0v) is 21.2. The molecule has 0 bridgehead atoms. The Morgan fingerprint density at radius 2 is 1.82 bits per heavy atom. The summed E-state index contributed by atoms with van der Waals surface area (Å²) >= 11 is 5.71. The number of nitroso groups, excluding NO2 is 1. The standard InChI is InChI=1S/C27H35ClN2O4/c1-6-14-30(7-2)17-24(31)19-33-25-11-8-21(9-12-25)27(4,5)22-10-13-26(20(3)15-22)34-18-23(16-28)29-32/h6-15,23-24,31H,2,16-19H2,1,3-5H3/b14-6-. The minimum atomic E-state index is -0.643. The quantitative estimate of drug-likeness (QED) is 0.270. The van der Waals surface area contributed by atoms with Gasteiger partial charge in [-0.2, -0.15) is 4.91 Å².